The molecule has 1 saturated carbocycles. The Kier molecular flexibility index (Phi) is 11.6. The summed E-state index contributed by atoms with van der Waals surface area (Å²) in [6.07, 6.45) is 12.1. The third-order valence-corrected chi connectivity index (χ3v) is 9.08. The average Bonchev–Trinajstić information content (AvgIpc) is 2.96. The first-order valence-electron chi connectivity index (χ1n) is 15.8. The summed E-state index contributed by atoms with van der Waals surface area (Å²) in [6, 6.07) is 6.46. The van der Waals surface area contributed by atoms with E-state index >= 15 is 0 Å². The summed E-state index contributed by atoms with van der Waals surface area (Å²) in [5.41, 5.74) is 0.348. The van der Waals surface area contributed by atoms with Gasteiger partial charge in [0, 0.05) is 55.9 Å². The van der Waals surface area contributed by atoms with Gasteiger partial charge in [0.1, 0.15) is 11.7 Å². The monoisotopic (exact) mass is 595 g/mol. The van der Waals surface area contributed by atoms with Crippen LogP contribution in [0.15, 0.2) is 60.3 Å². The van der Waals surface area contributed by atoms with Crippen molar-refractivity contribution in [2.75, 3.05) is 26.2 Å². The molecule has 0 aromatic carbocycles. The summed E-state index contributed by atoms with van der Waals surface area (Å²) < 4.78 is 11.8. The van der Waals surface area contributed by atoms with Crippen LogP contribution in [0.4, 0.5) is 4.79 Å². The van der Waals surface area contributed by atoms with Gasteiger partial charge in [0.05, 0.1) is 12.5 Å². The number of aliphatic hydroxyl groups excluding tert-OH is 1. The molecule has 9 heteroatoms. The molecular formula is C34H49N3O6. The minimum Gasteiger partial charge on any atom is -0.457 e. The van der Waals surface area contributed by atoms with Crippen molar-refractivity contribution in [2.24, 2.45) is 5.92 Å². The fourth-order valence-corrected chi connectivity index (χ4v) is 5.87. The summed E-state index contributed by atoms with van der Waals surface area (Å²) in [6.45, 7) is 10.3. The van der Waals surface area contributed by atoms with E-state index in [1.165, 1.54) is 19.3 Å². The summed E-state index contributed by atoms with van der Waals surface area (Å²) in [5, 5.41) is 22.0. The maximum atomic E-state index is 13.2. The van der Waals surface area contributed by atoms with Crippen LogP contribution in [-0.2, 0) is 14.3 Å². The molecule has 6 atom stereocenters. The van der Waals surface area contributed by atoms with E-state index in [9.17, 15) is 19.8 Å². The van der Waals surface area contributed by atoms with Crippen molar-refractivity contribution >= 4 is 12.1 Å². The summed E-state index contributed by atoms with van der Waals surface area (Å²) >= 11 is 0. The lowest BCUT2D eigenvalue weighted by molar-refractivity contribution is -0.151. The van der Waals surface area contributed by atoms with E-state index in [4.69, 9.17) is 9.47 Å². The van der Waals surface area contributed by atoms with E-state index in [1.54, 1.807) is 24.1 Å². The number of rotatable bonds is 6. The van der Waals surface area contributed by atoms with Gasteiger partial charge in [0.15, 0.2) is 6.10 Å². The van der Waals surface area contributed by atoms with Gasteiger partial charge in [-0.1, -0.05) is 50.6 Å². The van der Waals surface area contributed by atoms with Crippen LogP contribution in [0.2, 0.25) is 0 Å². The number of allylic oxidation sites excluding steroid dienone is 3. The van der Waals surface area contributed by atoms with E-state index in [2.05, 4.69) is 16.8 Å². The Morgan fingerprint density at radius 1 is 1.19 bits per heavy atom. The Morgan fingerprint density at radius 2 is 1.93 bits per heavy atom. The Hall–Kier alpha value is -3.01. The van der Waals surface area contributed by atoms with Gasteiger partial charge in [0.25, 0.3) is 0 Å². The minimum absolute atomic E-state index is 0.107. The summed E-state index contributed by atoms with van der Waals surface area (Å²) in [5.74, 6) is -0.683. The fourth-order valence-electron chi connectivity index (χ4n) is 5.87. The molecule has 236 valence electrons. The molecule has 1 aliphatic carbocycles. The van der Waals surface area contributed by atoms with Crippen molar-refractivity contribution in [3.63, 3.8) is 0 Å². The molecule has 9 nitrogen and oxygen atoms in total. The van der Waals surface area contributed by atoms with Gasteiger partial charge in [-0.05, 0) is 63.3 Å². The number of esters is 1. The summed E-state index contributed by atoms with van der Waals surface area (Å²) in [7, 11) is 0. The number of piperazine rings is 1. The zero-order valence-electron chi connectivity index (χ0n) is 26.1. The number of aromatic nitrogens is 1. The Balaban J connectivity index is 1.48. The SMILES string of the molecule is C/C(=C\C=C\[C@H](C)c1ccccn1)[C@H]1OC(=O)C[C@@H](O)CC[C@](C)(O)[C@@H](OC(=O)N2CCN(C3CCC3)CC2)/C=C/[C@@H]1C. The zero-order chi connectivity index (χ0) is 31.0. The van der Waals surface area contributed by atoms with E-state index < -0.39 is 36.0 Å². The molecule has 4 rings (SSSR count). The van der Waals surface area contributed by atoms with Crippen molar-refractivity contribution in [1.82, 2.24) is 14.8 Å². The number of ether oxygens (including phenoxy) is 2. The molecule has 3 heterocycles. The first-order chi connectivity index (χ1) is 20.5. The second-order valence-corrected chi connectivity index (χ2v) is 12.7. The van der Waals surface area contributed by atoms with Crippen LogP contribution in [-0.4, -0.2) is 93.2 Å². The lowest BCUT2D eigenvalue weighted by Crippen LogP contribution is -2.54. The standard InChI is InChI=1S/C34H49N3O6/c1-24(29-13-5-6-18-35-29)9-7-10-25(2)32-26(3)14-15-30(34(4,41)17-16-28(38)23-31(39)43-32)42-33(40)37-21-19-36(20-22-37)27-11-8-12-27/h5-7,9-10,13-15,18,24,26-28,30,32,38,41H,8,11-12,16-17,19-23H2,1-4H3/b9-7+,15-14+,25-10+/t24-,26-,28-,30-,32+,34-/m0/s1. The smallest absolute Gasteiger partial charge is 0.410 e. The predicted molar refractivity (Wildman–Crippen MR) is 165 cm³/mol. The third kappa shape index (κ3) is 9.24. The average molecular weight is 596 g/mol. The predicted octanol–water partition coefficient (Wildman–Crippen LogP) is 4.76. The minimum atomic E-state index is -1.44. The van der Waals surface area contributed by atoms with Crippen LogP contribution in [0.1, 0.15) is 77.8 Å². The molecule has 3 aliphatic rings. The molecule has 2 N–H and O–H groups in total. The number of amides is 1. The molecule has 2 fully saturated rings. The van der Waals surface area contributed by atoms with E-state index in [0.29, 0.717) is 19.1 Å². The highest BCUT2D eigenvalue weighted by Gasteiger charge is 2.37. The van der Waals surface area contributed by atoms with Crippen molar-refractivity contribution < 1.29 is 29.3 Å². The molecule has 0 spiro atoms. The van der Waals surface area contributed by atoms with Crippen LogP contribution in [0.5, 0.6) is 0 Å². The molecule has 0 bridgehead atoms. The Labute approximate surface area is 256 Å². The van der Waals surface area contributed by atoms with Crippen molar-refractivity contribution in [1.29, 1.82) is 0 Å². The zero-order valence-corrected chi connectivity index (χ0v) is 26.1. The van der Waals surface area contributed by atoms with E-state index in [0.717, 1.165) is 24.4 Å². The molecule has 0 unspecified atom stereocenters. The Morgan fingerprint density at radius 3 is 2.58 bits per heavy atom. The second-order valence-electron chi connectivity index (χ2n) is 12.7. The maximum Gasteiger partial charge on any atom is 0.410 e. The van der Waals surface area contributed by atoms with Crippen molar-refractivity contribution in [3.8, 4) is 0 Å². The fraction of sp³-hybridized carbons (Fsp3) is 0.618. The molecule has 1 aromatic heterocycles. The molecule has 0 radical (unpaired) electrons. The molecule has 43 heavy (non-hydrogen) atoms. The number of pyridine rings is 1. The van der Waals surface area contributed by atoms with Crippen LogP contribution in [0.25, 0.3) is 0 Å². The number of hydrogen-bond donors (Lipinski definition) is 2. The number of carbonyl (C=O) groups excluding carboxylic acids is 2. The van der Waals surface area contributed by atoms with Crippen LogP contribution < -0.4 is 0 Å². The number of carbonyl (C=O) groups is 2. The highest BCUT2D eigenvalue weighted by Crippen LogP contribution is 2.29. The maximum absolute atomic E-state index is 13.2. The van der Waals surface area contributed by atoms with Crippen molar-refractivity contribution in [2.45, 2.75) is 102 Å². The highest BCUT2D eigenvalue weighted by molar-refractivity contribution is 5.70. The Bertz CT molecular complexity index is 1150. The van der Waals surface area contributed by atoms with E-state index in [1.807, 2.05) is 56.4 Å². The lowest BCUT2D eigenvalue weighted by Gasteiger charge is -2.43. The lowest BCUT2D eigenvalue weighted by atomic mass is 9.88. The van der Waals surface area contributed by atoms with Crippen LogP contribution in [0.3, 0.4) is 0 Å². The number of cyclic esters (lactones) is 1. The molecule has 1 amide bonds. The second kappa shape index (κ2) is 15.1. The highest BCUT2D eigenvalue weighted by atomic mass is 16.6. The molecule has 2 aliphatic heterocycles. The number of nitrogens with zero attached hydrogens (tertiary/aromatic N) is 3. The number of hydrogen-bond acceptors (Lipinski definition) is 8. The topological polar surface area (TPSA) is 112 Å². The first-order valence-corrected chi connectivity index (χ1v) is 15.8. The van der Waals surface area contributed by atoms with Gasteiger partial charge in [-0.25, -0.2) is 4.79 Å². The van der Waals surface area contributed by atoms with Crippen LogP contribution in [0, 0.1) is 5.92 Å². The van der Waals surface area contributed by atoms with Gasteiger partial charge in [0.2, 0.25) is 0 Å². The quantitative estimate of drug-likeness (QED) is 0.275. The van der Waals surface area contributed by atoms with Gasteiger partial charge in [-0.2, -0.15) is 0 Å². The third-order valence-electron chi connectivity index (χ3n) is 9.08. The molecule has 1 aromatic rings. The summed E-state index contributed by atoms with van der Waals surface area (Å²) in [4.78, 5) is 34.6. The molecule has 1 saturated heterocycles. The first kappa shape index (κ1) is 32.9. The largest absolute Gasteiger partial charge is 0.457 e. The molecular weight excluding hydrogens is 546 g/mol. The van der Waals surface area contributed by atoms with Crippen LogP contribution >= 0.6 is 0 Å². The van der Waals surface area contributed by atoms with Gasteiger partial charge in [-0.15, -0.1) is 0 Å². The van der Waals surface area contributed by atoms with Gasteiger partial charge in [-0.3, -0.25) is 14.7 Å². The van der Waals surface area contributed by atoms with Gasteiger partial charge >= 0.3 is 12.1 Å². The van der Waals surface area contributed by atoms with E-state index in [-0.39, 0.29) is 31.1 Å². The normalized spacial score (nSPS) is 31.8. The number of aliphatic hydroxyl groups is 2. The van der Waals surface area contributed by atoms with Crippen molar-refractivity contribution in [3.05, 3.63) is 66.0 Å². The van der Waals surface area contributed by atoms with Gasteiger partial charge < -0.3 is 24.6 Å².